The van der Waals surface area contributed by atoms with Crippen molar-refractivity contribution in [2.24, 2.45) is 0 Å². The molecular weight excluding hydrogens is 190 g/mol. The SMILES string of the molecule is CCOC(=O)c1ccc2c(c1)CCCN2. The second kappa shape index (κ2) is 4.34. The number of carbonyl (C=O) groups is 1. The summed E-state index contributed by atoms with van der Waals surface area (Å²) in [7, 11) is 0. The number of esters is 1. The minimum Gasteiger partial charge on any atom is -0.462 e. The van der Waals surface area contributed by atoms with Gasteiger partial charge < -0.3 is 10.1 Å². The van der Waals surface area contributed by atoms with Crippen LogP contribution < -0.4 is 5.32 Å². The van der Waals surface area contributed by atoms with Gasteiger partial charge in [0.1, 0.15) is 0 Å². The van der Waals surface area contributed by atoms with Crippen molar-refractivity contribution in [3.63, 3.8) is 0 Å². The largest absolute Gasteiger partial charge is 0.462 e. The van der Waals surface area contributed by atoms with E-state index in [0.717, 1.165) is 25.1 Å². The van der Waals surface area contributed by atoms with Crippen LogP contribution in [0.1, 0.15) is 29.3 Å². The average Bonchev–Trinajstić information content (AvgIpc) is 2.29. The molecule has 3 nitrogen and oxygen atoms in total. The van der Waals surface area contributed by atoms with Gasteiger partial charge in [-0.15, -0.1) is 0 Å². The second-order valence-corrected chi connectivity index (χ2v) is 3.62. The molecule has 3 heteroatoms. The molecule has 0 aliphatic carbocycles. The number of aryl methyl sites for hydroxylation is 1. The van der Waals surface area contributed by atoms with Crippen molar-refractivity contribution in [2.45, 2.75) is 19.8 Å². The molecule has 0 amide bonds. The minimum atomic E-state index is -0.231. The van der Waals surface area contributed by atoms with Crippen LogP contribution in [-0.4, -0.2) is 19.1 Å². The van der Waals surface area contributed by atoms with Gasteiger partial charge in [-0.3, -0.25) is 0 Å². The Kier molecular flexibility index (Phi) is 2.90. The van der Waals surface area contributed by atoms with Gasteiger partial charge in [0.25, 0.3) is 0 Å². The van der Waals surface area contributed by atoms with E-state index in [-0.39, 0.29) is 5.97 Å². The first-order valence-corrected chi connectivity index (χ1v) is 5.35. The maximum atomic E-state index is 11.5. The number of fused-ring (bicyclic) bond motifs is 1. The van der Waals surface area contributed by atoms with E-state index in [1.807, 2.05) is 25.1 Å². The van der Waals surface area contributed by atoms with Crippen LogP contribution in [-0.2, 0) is 11.2 Å². The first kappa shape index (κ1) is 10.0. The Balaban J connectivity index is 2.24. The molecule has 0 radical (unpaired) electrons. The first-order chi connectivity index (χ1) is 7.31. The summed E-state index contributed by atoms with van der Waals surface area (Å²) in [5, 5.41) is 3.31. The minimum absolute atomic E-state index is 0.231. The monoisotopic (exact) mass is 205 g/mol. The van der Waals surface area contributed by atoms with Crippen molar-refractivity contribution >= 4 is 11.7 Å². The Hall–Kier alpha value is -1.51. The van der Waals surface area contributed by atoms with Crippen molar-refractivity contribution in [2.75, 3.05) is 18.5 Å². The fourth-order valence-electron chi connectivity index (χ4n) is 1.82. The first-order valence-electron chi connectivity index (χ1n) is 5.35. The molecule has 0 saturated heterocycles. The van der Waals surface area contributed by atoms with E-state index in [0.29, 0.717) is 12.2 Å². The van der Waals surface area contributed by atoms with Gasteiger partial charge in [0.05, 0.1) is 12.2 Å². The van der Waals surface area contributed by atoms with E-state index in [1.54, 1.807) is 0 Å². The molecule has 2 rings (SSSR count). The lowest BCUT2D eigenvalue weighted by atomic mass is 10.0. The molecule has 1 N–H and O–H groups in total. The molecule has 1 aromatic carbocycles. The predicted octanol–water partition coefficient (Wildman–Crippen LogP) is 2.22. The van der Waals surface area contributed by atoms with Crippen LogP contribution in [0, 0.1) is 0 Å². The van der Waals surface area contributed by atoms with Crippen LogP contribution in [0.15, 0.2) is 18.2 Å². The summed E-state index contributed by atoms with van der Waals surface area (Å²) in [4.78, 5) is 11.5. The number of rotatable bonds is 2. The van der Waals surface area contributed by atoms with Crippen LogP contribution in [0.25, 0.3) is 0 Å². The fourth-order valence-corrected chi connectivity index (χ4v) is 1.82. The number of anilines is 1. The van der Waals surface area contributed by atoms with Gasteiger partial charge in [0.2, 0.25) is 0 Å². The third kappa shape index (κ3) is 2.12. The highest BCUT2D eigenvalue weighted by Crippen LogP contribution is 2.23. The third-order valence-corrected chi connectivity index (χ3v) is 2.55. The predicted molar refractivity (Wildman–Crippen MR) is 59.2 cm³/mol. The molecule has 1 aliphatic heterocycles. The van der Waals surface area contributed by atoms with Gasteiger partial charge in [-0.1, -0.05) is 0 Å². The van der Waals surface area contributed by atoms with E-state index in [9.17, 15) is 4.79 Å². The molecule has 80 valence electrons. The summed E-state index contributed by atoms with van der Waals surface area (Å²) in [6, 6.07) is 5.70. The highest BCUT2D eigenvalue weighted by atomic mass is 16.5. The molecule has 0 aromatic heterocycles. The molecule has 15 heavy (non-hydrogen) atoms. The number of ether oxygens (including phenoxy) is 1. The summed E-state index contributed by atoms with van der Waals surface area (Å²) in [6.07, 6.45) is 2.16. The molecular formula is C12H15NO2. The number of benzene rings is 1. The van der Waals surface area contributed by atoms with Crippen molar-refractivity contribution in [3.05, 3.63) is 29.3 Å². The highest BCUT2D eigenvalue weighted by molar-refractivity contribution is 5.90. The number of hydrogen-bond donors (Lipinski definition) is 1. The lowest BCUT2D eigenvalue weighted by molar-refractivity contribution is 0.0526. The van der Waals surface area contributed by atoms with E-state index >= 15 is 0 Å². The van der Waals surface area contributed by atoms with Gasteiger partial charge in [0.15, 0.2) is 0 Å². The fraction of sp³-hybridized carbons (Fsp3) is 0.417. The Morgan fingerprint density at radius 2 is 2.40 bits per heavy atom. The molecule has 0 unspecified atom stereocenters. The van der Waals surface area contributed by atoms with Crippen LogP contribution >= 0.6 is 0 Å². The maximum Gasteiger partial charge on any atom is 0.338 e. The van der Waals surface area contributed by atoms with E-state index < -0.39 is 0 Å². The zero-order chi connectivity index (χ0) is 10.7. The number of hydrogen-bond acceptors (Lipinski definition) is 3. The van der Waals surface area contributed by atoms with Gasteiger partial charge in [-0.2, -0.15) is 0 Å². The molecule has 0 saturated carbocycles. The van der Waals surface area contributed by atoms with Crippen LogP contribution in [0.2, 0.25) is 0 Å². The molecule has 1 aliphatic rings. The van der Waals surface area contributed by atoms with E-state index in [2.05, 4.69) is 5.32 Å². The van der Waals surface area contributed by atoms with Crippen LogP contribution in [0.5, 0.6) is 0 Å². The Morgan fingerprint density at radius 1 is 1.53 bits per heavy atom. The van der Waals surface area contributed by atoms with Gasteiger partial charge in [-0.25, -0.2) is 4.79 Å². The average molecular weight is 205 g/mol. The van der Waals surface area contributed by atoms with E-state index in [1.165, 1.54) is 5.56 Å². The van der Waals surface area contributed by atoms with Gasteiger partial charge in [0, 0.05) is 12.2 Å². The quantitative estimate of drug-likeness (QED) is 0.752. The topological polar surface area (TPSA) is 38.3 Å². The van der Waals surface area contributed by atoms with Crippen molar-refractivity contribution in [1.82, 2.24) is 0 Å². The third-order valence-electron chi connectivity index (χ3n) is 2.55. The summed E-state index contributed by atoms with van der Waals surface area (Å²) in [5.74, 6) is -0.231. The lowest BCUT2D eigenvalue weighted by Crippen LogP contribution is -2.13. The van der Waals surface area contributed by atoms with Gasteiger partial charge in [-0.05, 0) is 43.5 Å². The molecule has 0 atom stereocenters. The van der Waals surface area contributed by atoms with Crippen molar-refractivity contribution in [3.8, 4) is 0 Å². The Morgan fingerprint density at radius 3 is 3.20 bits per heavy atom. The smallest absolute Gasteiger partial charge is 0.338 e. The Bertz CT molecular complexity index is 374. The molecule has 0 fully saturated rings. The van der Waals surface area contributed by atoms with E-state index in [4.69, 9.17) is 4.74 Å². The zero-order valence-electron chi connectivity index (χ0n) is 8.88. The maximum absolute atomic E-state index is 11.5. The van der Waals surface area contributed by atoms with Gasteiger partial charge >= 0.3 is 5.97 Å². The summed E-state index contributed by atoms with van der Waals surface area (Å²) >= 11 is 0. The summed E-state index contributed by atoms with van der Waals surface area (Å²) in [6.45, 7) is 3.26. The van der Waals surface area contributed by atoms with Crippen molar-refractivity contribution in [1.29, 1.82) is 0 Å². The summed E-state index contributed by atoms with van der Waals surface area (Å²) < 4.78 is 4.96. The molecule has 1 heterocycles. The van der Waals surface area contributed by atoms with Crippen molar-refractivity contribution < 1.29 is 9.53 Å². The highest BCUT2D eigenvalue weighted by Gasteiger charge is 2.12. The number of nitrogens with one attached hydrogen (secondary N) is 1. The molecule has 0 spiro atoms. The lowest BCUT2D eigenvalue weighted by Gasteiger charge is -2.18. The normalized spacial score (nSPS) is 13.9. The molecule has 0 bridgehead atoms. The Labute approximate surface area is 89.4 Å². The standard InChI is InChI=1S/C12H15NO2/c1-2-15-12(14)10-5-6-11-9(8-10)4-3-7-13-11/h5-6,8,13H,2-4,7H2,1H3. The molecule has 1 aromatic rings. The van der Waals surface area contributed by atoms with Crippen LogP contribution in [0.4, 0.5) is 5.69 Å². The second-order valence-electron chi connectivity index (χ2n) is 3.62. The number of carbonyl (C=O) groups excluding carboxylic acids is 1. The zero-order valence-corrected chi connectivity index (χ0v) is 8.88. The summed E-state index contributed by atoms with van der Waals surface area (Å²) in [5.41, 5.74) is 3.01. The van der Waals surface area contributed by atoms with Crippen LogP contribution in [0.3, 0.4) is 0 Å².